The molecule has 4 heteroatoms. The second-order valence-corrected chi connectivity index (χ2v) is 6.64. The minimum absolute atomic E-state index is 0.000102. The molecule has 0 aromatic heterocycles. The minimum atomic E-state index is -0.0848. The summed E-state index contributed by atoms with van der Waals surface area (Å²) in [6.07, 6.45) is 9.95. The number of carbonyl (C=O) groups excluding carboxylic acids is 2. The standard InChI is InChI=1S/C19H33NO3/c1-4-5-6-7-8-9-10-15-23-19(22)17-11-13-20(14-12-17)18(21)16(2)3/h17H,2,4-15H2,1,3H3. The highest BCUT2D eigenvalue weighted by molar-refractivity contribution is 5.92. The summed E-state index contributed by atoms with van der Waals surface area (Å²) in [4.78, 5) is 25.6. The minimum Gasteiger partial charge on any atom is -0.465 e. The first-order valence-corrected chi connectivity index (χ1v) is 9.17. The number of piperidine rings is 1. The summed E-state index contributed by atoms with van der Waals surface area (Å²) in [7, 11) is 0. The van der Waals surface area contributed by atoms with Gasteiger partial charge in [0, 0.05) is 18.7 Å². The lowest BCUT2D eigenvalue weighted by atomic mass is 9.96. The van der Waals surface area contributed by atoms with E-state index in [0.717, 1.165) is 12.8 Å². The number of carbonyl (C=O) groups is 2. The Bertz CT molecular complexity index is 384. The summed E-state index contributed by atoms with van der Waals surface area (Å²) in [6.45, 7) is 9.43. The summed E-state index contributed by atoms with van der Waals surface area (Å²) in [6, 6.07) is 0. The summed E-state index contributed by atoms with van der Waals surface area (Å²) in [5.41, 5.74) is 0.560. The largest absolute Gasteiger partial charge is 0.465 e. The molecule has 0 atom stereocenters. The number of hydrogen-bond acceptors (Lipinski definition) is 3. The Morgan fingerprint density at radius 3 is 2.17 bits per heavy atom. The van der Waals surface area contributed by atoms with Gasteiger partial charge in [-0.15, -0.1) is 0 Å². The maximum atomic E-state index is 12.0. The van der Waals surface area contributed by atoms with Gasteiger partial charge >= 0.3 is 5.97 Å². The molecule has 0 aromatic rings. The molecule has 0 bridgehead atoms. The Hall–Kier alpha value is -1.32. The van der Waals surface area contributed by atoms with Crippen molar-refractivity contribution >= 4 is 11.9 Å². The van der Waals surface area contributed by atoms with Crippen LogP contribution in [0.25, 0.3) is 0 Å². The van der Waals surface area contributed by atoms with Crippen molar-refractivity contribution < 1.29 is 14.3 Å². The molecule has 0 aromatic carbocycles. The molecule has 132 valence electrons. The Morgan fingerprint density at radius 2 is 1.61 bits per heavy atom. The van der Waals surface area contributed by atoms with Crippen molar-refractivity contribution in [1.82, 2.24) is 4.90 Å². The Morgan fingerprint density at radius 1 is 1.04 bits per heavy atom. The van der Waals surface area contributed by atoms with Gasteiger partial charge in [0.25, 0.3) is 0 Å². The second-order valence-electron chi connectivity index (χ2n) is 6.64. The summed E-state index contributed by atoms with van der Waals surface area (Å²) in [5.74, 6) is -0.132. The normalized spacial score (nSPS) is 15.5. The van der Waals surface area contributed by atoms with Crippen LogP contribution < -0.4 is 0 Å². The van der Waals surface area contributed by atoms with Crippen LogP contribution in [-0.4, -0.2) is 36.5 Å². The monoisotopic (exact) mass is 323 g/mol. The third-order valence-corrected chi connectivity index (χ3v) is 4.47. The smallest absolute Gasteiger partial charge is 0.309 e. The Labute approximate surface area is 141 Å². The van der Waals surface area contributed by atoms with Crippen LogP contribution in [0.15, 0.2) is 12.2 Å². The quantitative estimate of drug-likeness (QED) is 0.345. The topological polar surface area (TPSA) is 46.6 Å². The molecule has 1 fully saturated rings. The van der Waals surface area contributed by atoms with E-state index in [1.54, 1.807) is 11.8 Å². The van der Waals surface area contributed by atoms with Gasteiger partial charge in [0.15, 0.2) is 0 Å². The van der Waals surface area contributed by atoms with Gasteiger partial charge in [0.1, 0.15) is 0 Å². The van der Waals surface area contributed by atoms with E-state index in [4.69, 9.17) is 4.74 Å². The van der Waals surface area contributed by atoms with Gasteiger partial charge in [-0.25, -0.2) is 0 Å². The number of rotatable bonds is 10. The predicted molar refractivity (Wildman–Crippen MR) is 93.1 cm³/mol. The number of esters is 1. The molecule has 0 spiro atoms. The lowest BCUT2D eigenvalue weighted by Gasteiger charge is -2.31. The van der Waals surface area contributed by atoms with Crippen LogP contribution in [0.3, 0.4) is 0 Å². The molecule has 1 saturated heterocycles. The average Bonchev–Trinajstić information content (AvgIpc) is 2.56. The van der Waals surface area contributed by atoms with Crippen LogP contribution in [0.2, 0.25) is 0 Å². The maximum absolute atomic E-state index is 12.0. The highest BCUT2D eigenvalue weighted by Gasteiger charge is 2.28. The van der Waals surface area contributed by atoms with Crippen molar-refractivity contribution in [3.8, 4) is 0 Å². The third kappa shape index (κ3) is 7.67. The number of likely N-dealkylation sites (tertiary alicyclic amines) is 1. The van der Waals surface area contributed by atoms with Crippen LogP contribution in [-0.2, 0) is 14.3 Å². The van der Waals surface area contributed by atoms with Crippen LogP contribution in [0.4, 0.5) is 0 Å². The molecule has 1 rings (SSSR count). The average molecular weight is 323 g/mol. The van der Waals surface area contributed by atoms with Crippen molar-refractivity contribution in [2.45, 2.75) is 71.6 Å². The first-order chi connectivity index (χ1) is 11.1. The zero-order valence-electron chi connectivity index (χ0n) is 14.9. The van der Waals surface area contributed by atoms with Crippen molar-refractivity contribution in [2.24, 2.45) is 5.92 Å². The molecule has 0 aliphatic carbocycles. The molecular formula is C19H33NO3. The molecule has 0 saturated carbocycles. The van der Waals surface area contributed by atoms with Crippen molar-refractivity contribution in [1.29, 1.82) is 0 Å². The van der Waals surface area contributed by atoms with Crippen LogP contribution in [0.1, 0.15) is 71.6 Å². The molecule has 0 radical (unpaired) electrons. The molecule has 1 aliphatic rings. The van der Waals surface area contributed by atoms with Crippen molar-refractivity contribution in [2.75, 3.05) is 19.7 Å². The number of nitrogens with zero attached hydrogens (tertiary/aromatic N) is 1. The zero-order chi connectivity index (χ0) is 17.1. The fourth-order valence-corrected chi connectivity index (χ4v) is 2.94. The van der Waals surface area contributed by atoms with Gasteiger partial charge in [0.2, 0.25) is 5.91 Å². The van der Waals surface area contributed by atoms with Gasteiger partial charge in [-0.3, -0.25) is 9.59 Å². The van der Waals surface area contributed by atoms with E-state index >= 15 is 0 Å². The zero-order valence-corrected chi connectivity index (χ0v) is 14.9. The second kappa shape index (κ2) is 11.3. The molecule has 0 unspecified atom stereocenters. The first kappa shape index (κ1) is 19.7. The summed E-state index contributed by atoms with van der Waals surface area (Å²) in [5, 5.41) is 0. The van der Waals surface area contributed by atoms with Gasteiger partial charge < -0.3 is 9.64 Å². The fraction of sp³-hybridized carbons (Fsp3) is 0.789. The van der Waals surface area contributed by atoms with Crippen LogP contribution in [0, 0.1) is 5.92 Å². The van der Waals surface area contributed by atoms with Crippen LogP contribution in [0.5, 0.6) is 0 Å². The van der Waals surface area contributed by atoms with E-state index in [1.807, 2.05) is 0 Å². The lowest BCUT2D eigenvalue weighted by Crippen LogP contribution is -2.40. The SMILES string of the molecule is C=C(C)C(=O)N1CCC(C(=O)OCCCCCCCCC)CC1. The number of unbranched alkanes of at least 4 members (excludes halogenated alkanes) is 6. The van der Waals surface area contributed by atoms with E-state index in [0.29, 0.717) is 38.1 Å². The van der Waals surface area contributed by atoms with Gasteiger partial charge in [-0.05, 0) is 26.2 Å². The molecule has 4 nitrogen and oxygen atoms in total. The number of hydrogen-bond donors (Lipinski definition) is 0. The fourth-order valence-electron chi connectivity index (χ4n) is 2.94. The third-order valence-electron chi connectivity index (χ3n) is 4.47. The predicted octanol–water partition coefficient (Wildman–Crippen LogP) is 4.09. The molecule has 23 heavy (non-hydrogen) atoms. The molecule has 1 amide bonds. The van der Waals surface area contributed by atoms with E-state index < -0.39 is 0 Å². The van der Waals surface area contributed by atoms with E-state index in [2.05, 4.69) is 13.5 Å². The molecule has 0 N–H and O–H groups in total. The summed E-state index contributed by atoms with van der Waals surface area (Å²) < 4.78 is 5.39. The van der Waals surface area contributed by atoms with E-state index in [1.165, 1.54) is 32.1 Å². The highest BCUT2D eigenvalue weighted by atomic mass is 16.5. The first-order valence-electron chi connectivity index (χ1n) is 9.17. The number of amides is 1. The van der Waals surface area contributed by atoms with Crippen molar-refractivity contribution in [3.05, 3.63) is 12.2 Å². The molecular weight excluding hydrogens is 290 g/mol. The van der Waals surface area contributed by atoms with Gasteiger partial charge in [0.05, 0.1) is 12.5 Å². The van der Waals surface area contributed by atoms with Gasteiger partial charge in [-0.2, -0.15) is 0 Å². The Kier molecular flexibility index (Phi) is 9.65. The Balaban J connectivity index is 2.08. The molecule has 1 aliphatic heterocycles. The van der Waals surface area contributed by atoms with E-state index in [-0.39, 0.29) is 17.8 Å². The van der Waals surface area contributed by atoms with E-state index in [9.17, 15) is 9.59 Å². The van der Waals surface area contributed by atoms with Gasteiger partial charge in [-0.1, -0.05) is 52.0 Å². The highest BCUT2D eigenvalue weighted by Crippen LogP contribution is 2.20. The lowest BCUT2D eigenvalue weighted by molar-refractivity contribution is -0.151. The number of ether oxygens (including phenoxy) is 1. The van der Waals surface area contributed by atoms with Crippen LogP contribution >= 0.6 is 0 Å². The van der Waals surface area contributed by atoms with Crippen molar-refractivity contribution in [3.63, 3.8) is 0 Å². The molecule has 1 heterocycles. The maximum Gasteiger partial charge on any atom is 0.309 e. The summed E-state index contributed by atoms with van der Waals surface area (Å²) >= 11 is 0.